The van der Waals surface area contributed by atoms with Crippen LogP contribution in [0.4, 0.5) is 0 Å². The third-order valence-electron chi connectivity index (χ3n) is 4.74. The van der Waals surface area contributed by atoms with Crippen LogP contribution in [0.5, 0.6) is 0 Å². The summed E-state index contributed by atoms with van der Waals surface area (Å²) >= 11 is 0. The lowest BCUT2D eigenvalue weighted by Gasteiger charge is -2.34. The largest absolute Gasteiger partial charge is 0.381 e. The summed E-state index contributed by atoms with van der Waals surface area (Å²) < 4.78 is 5.35. The molecule has 126 valence electrons. The van der Waals surface area contributed by atoms with Crippen molar-refractivity contribution in [3.8, 4) is 11.1 Å². The molecule has 2 aromatic rings. The first-order chi connectivity index (χ1) is 11.7. The zero-order chi connectivity index (χ0) is 16.8. The van der Waals surface area contributed by atoms with Crippen LogP contribution < -0.4 is 11.1 Å². The van der Waals surface area contributed by atoms with Crippen LogP contribution in [0.3, 0.4) is 0 Å². The summed E-state index contributed by atoms with van der Waals surface area (Å²) in [6.45, 7) is 2.08. The van der Waals surface area contributed by atoms with Crippen LogP contribution in [0.15, 0.2) is 48.8 Å². The molecule has 0 atom stereocenters. The molecule has 1 aromatic carbocycles. The van der Waals surface area contributed by atoms with E-state index < -0.39 is 5.41 Å². The van der Waals surface area contributed by atoms with Gasteiger partial charge < -0.3 is 15.8 Å². The van der Waals surface area contributed by atoms with Gasteiger partial charge in [-0.3, -0.25) is 9.78 Å². The maximum absolute atomic E-state index is 12.6. The summed E-state index contributed by atoms with van der Waals surface area (Å²) in [5.41, 5.74) is 8.73. The van der Waals surface area contributed by atoms with Crippen LogP contribution in [0, 0.1) is 5.41 Å². The van der Waals surface area contributed by atoms with E-state index in [4.69, 9.17) is 10.5 Å². The van der Waals surface area contributed by atoms with E-state index in [0.717, 1.165) is 16.7 Å². The molecule has 0 saturated carbocycles. The number of nitrogens with two attached hydrogens (primary N) is 1. The quantitative estimate of drug-likeness (QED) is 0.883. The fourth-order valence-corrected chi connectivity index (χ4v) is 3.02. The lowest BCUT2D eigenvalue weighted by molar-refractivity contribution is -0.136. The zero-order valence-electron chi connectivity index (χ0n) is 13.7. The van der Waals surface area contributed by atoms with Crippen molar-refractivity contribution in [3.05, 3.63) is 54.4 Å². The highest BCUT2D eigenvalue weighted by Gasteiger charge is 2.38. The second-order valence-corrected chi connectivity index (χ2v) is 6.21. The van der Waals surface area contributed by atoms with Gasteiger partial charge in [0.15, 0.2) is 0 Å². The fourth-order valence-electron chi connectivity index (χ4n) is 3.02. The molecule has 2 heterocycles. The monoisotopic (exact) mass is 325 g/mol. The lowest BCUT2D eigenvalue weighted by Crippen LogP contribution is -2.48. The minimum absolute atomic E-state index is 0.0338. The molecule has 0 unspecified atom stereocenters. The summed E-state index contributed by atoms with van der Waals surface area (Å²) in [6.07, 6.45) is 4.94. The van der Waals surface area contributed by atoms with Crippen LogP contribution in [0.2, 0.25) is 0 Å². The van der Waals surface area contributed by atoms with E-state index in [2.05, 4.69) is 22.4 Å². The minimum Gasteiger partial charge on any atom is -0.381 e. The number of amides is 1. The van der Waals surface area contributed by atoms with Crippen LogP contribution in [0.1, 0.15) is 18.4 Å². The van der Waals surface area contributed by atoms with Crippen molar-refractivity contribution < 1.29 is 9.53 Å². The Morgan fingerprint density at radius 2 is 1.71 bits per heavy atom. The van der Waals surface area contributed by atoms with E-state index in [1.807, 2.05) is 24.3 Å². The van der Waals surface area contributed by atoms with Crippen molar-refractivity contribution in [3.63, 3.8) is 0 Å². The van der Waals surface area contributed by atoms with Crippen molar-refractivity contribution in [2.45, 2.75) is 19.4 Å². The number of ether oxygens (including phenoxy) is 1. The number of carbonyl (C=O) groups excluding carboxylic acids is 1. The van der Waals surface area contributed by atoms with Crippen molar-refractivity contribution in [2.75, 3.05) is 19.8 Å². The Balaban J connectivity index is 1.61. The molecule has 0 radical (unpaired) electrons. The Labute approximate surface area is 142 Å². The van der Waals surface area contributed by atoms with Crippen LogP contribution in [0.25, 0.3) is 11.1 Å². The number of hydrogen-bond donors (Lipinski definition) is 2. The third-order valence-corrected chi connectivity index (χ3v) is 4.74. The maximum Gasteiger partial charge on any atom is 0.227 e. The molecule has 0 spiro atoms. The number of benzene rings is 1. The third kappa shape index (κ3) is 3.63. The highest BCUT2D eigenvalue weighted by Crippen LogP contribution is 2.29. The summed E-state index contributed by atoms with van der Waals surface area (Å²) in [5.74, 6) is 0.0338. The van der Waals surface area contributed by atoms with E-state index in [0.29, 0.717) is 39.1 Å². The van der Waals surface area contributed by atoms with E-state index in [-0.39, 0.29) is 5.91 Å². The van der Waals surface area contributed by atoms with Crippen molar-refractivity contribution in [2.24, 2.45) is 11.1 Å². The molecule has 24 heavy (non-hydrogen) atoms. The fraction of sp³-hybridized carbons (Fsp3) is 0.368. The molecule has 3 rings (SSSR count). The second kappa shape index (κ2) is 7.55. The summed E-state index contributed by atoms with van der Waals surface area (Å²) in [6, 6.07) is 12.2. The van der Waals surface area contributed by atoms with E-state index in [9.17, 15) is 4.79 Å². The van der Waals surface area contributed by atoms with Gasteiger partial charge >= 0.3 is 0 Å². The molecule has 1 aromatic heterocycles. The van der Waals surface area contributed by atoms with Gasteiger partial charge in [-0.15, -0.1) is 0 Å². The van der Waals surface area contributed by atoms with Crippen LogP contribution in [-0.4, -0.2) is 30.6 Å². The molecule has 5 heteroatoms. The number of aromatic nitrogens is 1. The number of nitrogens with zero attached hydrogens (tertiary/aromatic N) is 1. The molecule has 1 saturated heterocycles. The molecule has 5 nitrogen and oxygen atoms in total. The van der Waals surface area contributed by atoms with Crippen molar-refractivity contribution >= 4 is 5.91 Å². The molecular formula is C19H23N3O2. The molecular weight excluding hydrogens is 302 g/mol. The first-order valence-electron chi connectivity index (χ1n) is 8.29. The van der Waals surface area contributed by atoms with Crippen LogP contribution in [-0.2, 0) is 16.1 Å². The normalized spacial score (nSPS) is 16.5. The highest BCUT2D eigenvalue weighted by molar-refractivity contribution is 5.83. The number of nitrogens with one attached hydrogen (secondary N) is 1. The topological polar surface area (TPSA) is 77.2 Å². The average molecular weight is 325 g/mol. The van der Waals surface area contributed by atoms with Gasteiger partial charge in [0.2, 0.25) is 5.91 Å². The minimum atomic E-state index is -0.477. The lowest BCUT2D eigenvalue weighted by atomic mass is 9.79. The second-order valence-electron chi connectivity index (χ2n) is 6.21. The summed E-state index contributed by atoms with van der Waals surface area (Å²) in [5, 5.41) is 3.04. The van der Waals surface area contributed by atoms with Gasteiger partial charge in [0.25, 0.3) is 0 Å². The molecule has 1 aliphatic rings. The summed E-state index contributed by atoms with van der Waals surface area (Å²) in [7, 11) is 0. The molecule has 0 aliphatic carbocycles. The number of rotatable bonds is 5. The van der Waals surface area contributed by atoms with E-state index in [1.165, 1.54) is 0 Å². The van der Waals surface area contributed by atoms with E-state index in [1.54, 1.807) is 12.4 Å². The Morgan fingerprint density at radius 3 is 2.33 bits per heavy atom. The molecule has 1 fully saturated rings. The first kappa shape index (κ1) is 16.6. The standard InChI is InChI=1S/C19H23N3O2/c20-14-19(7-11-24-12-8-19)18(23)22-13-15-1-3-16(4-2-15)17-5-9-21-10-6-17/h1-6,9-10H,7-8,11-14,20H2,(H,22,23). The molecule has 0 bridgehead atoms. The first-order valence-corrected chi connectivity index (χ1v) is 8.29. The maximum atomic E-state index is 12.6. The average Bonchev–Trinajstić information content (AvgIpc) is 2.67. The zero-order valence-corrected chi connectivity index (χ0v) is 13.7. The molecule has 3 N–H and O–H groups in total. The Kier molecular flexibility index (Phi) is 5.23. The number of carbonyl (C=O) groups is 1. The van der Waals surface area contributed by atoms with Crippen molar-refractivity contribution in [1.29, 1.82) is 0 Å². The van der Waals surface area contributed by atoms with Gasteiger partial charge in [-0.2, -0.15) is 0 Å². The SMILES string of the molecule is NCC1(C(=O)NCc2ccc(-c3ccncc3)cc2)CCOCC1. The van der Waals surface area contributed by atoms with Gasteiger partial charge in [-0.1, -0.05) is 24.3 Å². The van der Waals surface area contributed by atoms with Crippen LogP contribution >= 0.6 is 0 Å². The Bertz CT molecular complexity index is 665. The van der Waals surface area contributed by atoms with Crippen molar-refractivity contribution in [1.82, 2.24) is 10.3 Å². The predicted molar refractivity (Wildman–Crippen MR) is 93.1 cm³/mol. The van der Waals surface area contributed by atoms with Gasteiger partial charge in [0, 0.05) is 38.7 Å². The summed E-state index contributed by atoms with van der Waals surface area (Å²) in [4.78, 5) is 16.6. The van der Waals surface area contributed by atoms with E-state index >= 15 is 0 Å². The van der Waals surface area contributed by atoms with Gasteiger partial charge in [0.1, 0.15) is 0 Å². The Morgan fingerprint density at radius 1 is 1.08 bits per heavy atom. The number of pyridine rings is 1. The molecule has 1 amide bonds. The van der Waals surface area contributed by atoms with Gasteiger partial charge in [-0.05, 0) is 41.7 Å². The number of hydrogen-bond acceptors (Lipinski definition) is 4. The Hall–Kier alpha value is -2.24. The van der Waals surface area contributed by atoms with Gasteiger partial charge in [-0.25, -0.2) is 0 Å². The highest BCUT2D eigenvalue weighted by atomic mass is 16.5. The smallest absolute Gasteiger partial charge is 0.227 e. The molecule has 1 aliphatic heterocycles. The van der Waals surface area contributed by atoms with Gasteiger partial charge in [0.05, 0.1) is 5.41 Å². The predicted octanol–water partition coefficient (Wildman–Crippen LogP) is 2.12.